The van der Waals surface area contributed by atoms with Crippen molar-refractivity contribution in [3.05, 3.63) is 72.2 Å². The van der Waals surface area contributed by atoms with Crippen LogP contribution in [0.1, 0.15) is 24.0 Å². The smallest absolute Gasteiger partial charge is 0.191 e. The number of pyridine rings is 1. The Hall–Kier alpha value is -3.35. The fourth-order valence-electron chi connectivity index (χ4n) is 2.97. The Morgan fingerprint density at radius 1 is 1.14 bits per heavy atom. The molecule has 1 aliphatic rings. The molecule has 2 heterocycles. The van der Waals surface area contributed by atoms with E-state index in [4.69, 9.17) is 4.74 Å². The van der Waals surface area contributed by atoms with Gasteiger partial charge in [-0.25, -0.2) is 9.67 Å². The normalized spacial score (nSPS) is 13.9. The van der Waals surface area contributed by atoms with Crippen molar-refractivity contribution in [2.24, 2.45) is 10.9 Å². The topological polar surface area (TPSA) is 76.4 Å². The van der Waals surface area contributed by atoms with Crippen LogP contribution in [0.25, 0.3) is 5.82 Å². The molecular formula is C22H26N6O. The van der Waals surface area contributed by atoms with Crippen LogP contribution in [0, 0.1) is 5.92 Å². The van der Waals surface area contributed by atoms with Gasteiger partial charge in [0.2, 0.25) is 0 Å². The number of para-hydroxylation sites is 1. The minimum atomic E-state index is 0.635. The number of ether oxygens (including phenoxy) is 1. The second-order valence-electron chi connectivity index (χ2n) is 7.11. The minimum Gasteiger partial charge on any atom is -0.493 e. The van der Waals surface area contributed by atoms with E-state index in [1.807, 2.05) is 42.6 Å². The number of guanidine groups is 1. The van der Waals surface area contributed by atoms with Crippen LogP contribution in [-0.2, 0) is 13.1 Å². The lowest BCUT2D eigenvalue weighted by Crippen LogP contribution is -2.36. The highest BCUT2D eigenvalue weighted by molar-refractivity contribution is 5.79. The maximum atomic E-state index is 5.99. The molecule has 1 fully saturated rings. The van der Waals surface area contributed by atoms with Crippen LogP contribution in [0.5, 0.6) is 5.75 Å². The second kappa shape index (κ2) is 9.23. The molecule has 0 amide bonds. The molecule has 0 radical (unpaired) electrons. The van der Waals surface area contributed by atoms with Gasteiger partial charge in [0.05, 0.1) is 6.61 Å². The molecule has 7 heteroatoms. The van der Waals surface area contributed by atoms with Crippen LogP contribution in [-0.4, -0.2) is 34.4 Å². The molecule has 7 nitrogen and oxygen atoms in total. The van der Waals surface area contributed by atoms with Gasteiger partial charge >= 0.3 is 0 Å². The molecule has 1 saturated carbocycles. The van der Waals surface area contributed by atoms with Crippen LogP contribution in [0.4, 0.5) is 0 Å². The van der Waals surface area contributed by atoms with E-state index in [1.54, 1.807) is 24.1 Å². The average molecular weight is 390 g/mol. The number of benzene rings is 1. The predicted octanol–water partition coefficient (Wildman–Crippen LogP) is 2.92. The first-order valence-corrected chi connectivity index (χ1v) is 9.92. The summed E-state index contributed by atoms with van der Waals surface area (Å²) in [6.07, 6.45) is 7.98. The van der Waals surface area contributed by atoms with Crippen LogP contribution in [0.15, 0.2) is 66.0 Å². The van der Waals surface area contributed by atoms with Crippen molar-refractivity contribution in [2.45, 2.75) is 25.9 Å². The number of aromatic nitrogens is 3. The van der Waals surface area contributed by atoms with E-state index >= 15 is 0 Å². The van der Waals surface area contributed by atoms with E-state index in [0.717, 1.165) is 41.2 Å². The van der Waals surface area contributed by atoms with Gasteiger partial charge in [0.1, 0.15) is 5.75 Å². The monoisotopic (exact) mass is 390 g/mol. The first-order chi connectivity index (χ1) is 14.3. The van der Waals surface area contributed by atoms with Crippen LogP contribution >= 0.6 is 0 Å². The molecule has 2 aromatic heterocycles. The Bertz CT molecular complexity index is 949. The largest absolute Gasteiger partial charge is 0.493 e. The SMILES string of the molecule is CN=C(NCc1ccnc(-n2cccn2)c1)NCc1ccccc1OCC1CC1. The van der Waals surface area contributed by atoms with Gasteiger partial charge in [-0.3, -0.25) is 4.99 Å². The van der Waals surface area contributed by atoms with Crippen molar-refractivity contribution in [2.75, 3.05) is 13.7 Å². The number of nitrogens with zero attached hydrogens (tertiary/aromatic N) is 4. The Balaban J connectivity index is 1.32. The fourth-order valence-corrected chi connectivity index (χ4v) is 2.97. The number of hydrogen-bond donors (Lipinski definition) is 2. The van der Waals surface area contributed by atoms with E-state index in [1.165, 1.54) is 12.8 Å². The van der Waals surface area contributed by atoms with Gasteiger partial charge in [-0.2, -0.15) is 5.10 Å². The lowest BCUT2D eigenvalue weighted by atomic mass is 10.2. The van der Waals surface area contributed by atoms with Gasteiger partial charge in [0.15, 0.2) is 11.8 Å². The molecule has 2 N–H and O–H groups in total. The molecule has 4 rings (SSSR count). The van der Waals surface area contributed by atoms with E-state index in [2.05, 4.69) is 31.8 Å². The average Bonchev–Trinajstić information content (AvgIpc) is 3.43. The van der Waals surface area contributed by atoms with Gasteiger partial charge in [-0.15, -0.1) is 0 Å². The van der Waals surface area contributed by atoms with Crippen molar-refractivity contribution in [3.63, 3.8) is 0 Å². The summed E-state index contributed by atoms with van der Waals surface area (Å²) >= 11 is 0. The van der Waals surface area contributed by atoms with Crippen LogP contribution in [0.3, 0.4) is 0 Å². The number of aliphatic imine (C=N–C) groups is 1. The molecule has 0 atom stereocenters. The molecule has 0 saturated heterocycles. The quantitative estimate of drug-likeness (QED) is 0.457. The zero-order chi connectivity index (χ0) is 19.9. The zero-order valence-corrected chi connectivity index (χ0v) is 16.6. The van der Waals surface area contributed by atoms with Crippen molar-refractivity contribution in [1.82, 2.24) is 25.4 Å². The molecule has 29 heavy (non-hydrogen) atoms. The Morgan fingerprint density at radius 2 is 2.00 bits per heavy atom. The third-order valence-corrected chi connectivity index (χ3v) is 4.82. The molecule has 0 bridgehead atoms. The minimum absolute atomic E-state index is 0.635. The summed E-state index contributed by atoms with van der Waals surface area (Å²) in [5.41, 5.74) is 2.22. The molecule has 0 aliphatic heterocycles. The highest BCUT2D eigenvalue weighted by atomic mass is 16.5. The summed E-state index contributed by atoms with van der Waals surface area (Å²) in [5.74, 6) is 3.20. The first kappa shape index (κ1) is 19.0. The predicted molar refractivity (Wildman–Crippen MR) is 113 cm³/mol. The third kappa shape index (κ3) is 5.34. The number of nitrogens with one attached hydrogen (secondary N) is 2. The summed E-state index contributed by atoms with van der Waals surface area (Å²) < 4.78 is 7.73. The van der Waals surface area contributed by atoms with Gasteiger partial charge in [-0.1, -0.05) is 18.2 Å². The van der Waals surface area contributed by atoms with E-state index in [0.29, 0.717) is 13.1 Å². The van der Waals surface area contributed by atoms with Gasteiger partial charge in [-0.05, 0) is 48.6 Å². The summed E-state index contributed by atoms with van der Waals surface area (Å²) in [6, 6.07) is 14.0. The third-order valence-electron chi connectivity index (χ3n) is 4.82. The maximum Gasteiger partial charge on any atom is 0.191 e. The summed E-state index contributed by atoms with van der Waals surface area (Å²) in [4.78, 5) is 8.69. The van der Waals surface area contributed by atoms with Crippen molar-refractivity contribution >= 4 is 5.96 Å². The molecule has 1 aliphatic carbocycles. The van der Waals surface area contributed by atoms with Crippen molar-refractivity contribution in [3.8, 4) is 11.6 Å². The second-order valence-corrected chi connectivity index (χ2v) is 7.11. The van der Waals surface area contributed by atoms with E-state index in [9.17, 15) is 0 Å². The van der Waals surface area contributed by atoms with Gasteiger partial charge in [0, 0.05) is 44.3 Å². The maximum absolute atomic E-state index is 5.99. The van der Waals surface area contributed by atoms with Gasteiger partial charge < -0.3 is 15.4 Å². The molecule has 0 spiro atoms. The first-order valence-electron chi connectivity index (χ1n) is 9.92. The zero-order valence-electron chi connectivity index (χ0n) is 16.6. The fraction of sp³-hybridized carbons (Fsp3) is 0.318. The van der Waals surface area contributed by atoms with E-state index in [-0.39, 0.29) is 0 Å². The summed E-state index contributed by atoms with van der Waals surface area (Å²) in [7, 11) is 1.77. The number of hydrogen-bond acceptors (Lipinski definition) is 4. The lowest BCUT2D eigenvalue weighted by Gasteiger charge is -2.15. The highest BCUT2D eigenvalue weighted by Crippen LogP contribution is 2.30. The Labute approximate surface area is 170 Å². The molecule has 0 unspecified atom stereocenters. The summed E-state index contributed by atoms with van der Waals surface area (Å²) in [6.45, 7) is 2.09. The van der Waals surface area contributed by atoms with Crippen LogP contribution in [0.2, 0.25) is 0 Å². The Kier molecular flexibility index (Phi) is 6.04. The van der Waals surface area contributed by atoms with Crippen LogP contribution < -0.4 is 15.4 Å². The van der Waals surface area contributed by atoms with E-state index < -0.39 is 0 Å². The molecule has 1 aromatic carbocycles. The molecule has 3 aromatic rings. The standard InChI is InChI=1S/C22H26N6O/c1-23-22(25-14-18-9-11-24-21(13-18)28-12-4-10-27-28)26-15-19-5-2-3-6-20(19)29-16-17-7-8-17/h2-6,9-13,17H,7-8,14-16H2,1H3,(H2,23,25,26). The number of rotatable bonds is 8. The molecular weight excluding hydrogens is 364 g/mol. The molecule has 150 valence electrons. The van der Waals surface area contributed by atoms with Crippen molar-refractivity contribution in [1.29, 1.82) is 0 Å². The highest BCUT2D eigenvalue weighted by Gasteiger charge is 2.22. The lowest BCUT2D eigenvalue weighted by molar-refractivity contribution is 0.296. The Morgan fingerprint density at radius 3 is 2.79 bits per heavy atom. The van der Waals surface area contributed by atoms with Gasteiger partial charge in [0.25, 0.3) is 0 Å². The summed E-state index contributed by atoms with van der Waals surface area (Å²) in [5, 5.41) is 10.9. The van der Waals surface area contributed by atoms with Crippen molar-refractivity contribution < 1.29 is 4.74 Å².